The van der Waals surface area contributed by atoms with E-state index < -0.39 is 0 Å². The number of benzene rings is 1. The summed E-state index contributed by atoms with van der Waals surface area (Å²) in [5.41, 5.74) is 1.09. The van der Waals surface area contributed by atoms with Gasteiger partial charge in [0.1, 0.15) is 12.4 Å². The van der Waals surface area contributed by atoms with E-state index in [-0.39, 0.29) is 5.91 Å². The van der Waals surface area contributed by atoms with Crippen LogP contribution in [0.5, 0.6) is 5.75 Å². The van der Waals surface area contributed by atoms with Crippen LogP contribution in [0.2, 0.25) is 5.02 Å². The summed E-state index contributed by atoms with van der Waals surface area (Å²) in [4.78, 5) is 11.1. The molecule has 0 aliphatic heterocycles. The van der Waals surface area contributed by atoms with Crippen molar-refractivity contribution in [2.45, 2.75) is 6.92 Å². The molecule has 1 aromatic rings. The molecule has 17 heavy (non-hydrogen) atoms. The van der Waals surface area contributed by atoms with Gasteiger partial charge in [-0.2, -0.15) is 0 Å². The summed E-state index contributed by atoms with van der Waals surface area (Å²) in [6.07, 6.45) is 0. The fraction of sp³-hybridized carbons (Fsp3) is 0.417. The minimum atomic E-state index is -0.0496. The molecule has 0 bridgehead atoms. The van der Waals surface area contributed by atoms with E-state index >= 15 is 0 Å². The molecule has 0 heterocycles. The molecule has 1 amide bonds. The molecule has 0 aliphatic carbocycles. The Kier molecular flexibility index (Phi) is 5.80. The summed E-state index contributed by atoms with van der Waals surface area (Å²) >= 11 is 5.97. The van der Waals surface area contributed by atoms with E-state index in [0.717, 1.165) is 5.56 Å². The zero-order valence-electron chi connectivity index (χ0n) is 10.0. The Morgan fingerprint density at radius 2 is 2.24 bits per heavy atom. The third-order valence-corrected chi connectivity index (χ3v) is 2.42. The van der Waals surface area contributed by atoms with Crippen LogP contribution in [-0.2, 0) is 4.79 Å². The van der Waals surface area contributed by atoms with Crippen LogP contribution in [0.1, 0.15) is 5.56 Å². The zero-order valence-corrected chi connectivity index (χ0v) is 10.8. The molecule has 0 unspecified atom stereocenters. The highest BCUT2D eigenvalue weighted by Gasteiger charge is 2.02. The largest absolute Gasteiger partial charge is 0.490 e. The van der Waals surface area contributed by atoms with Crippen LogP contribution in [0.4, 0.5) is 0 Å². The summed E-state index contributed by atoms with van der Waals surface area (Å²) in [5.74, 6) is 0.598. The van der Waals surface area contributed by atoms with Crippen molar-refractivity contribution >= 4 is 17.5 Å². The fourth-order valence-electron chi connectivity index (χ4n) is 1.30. The SMILES string of the molecule is CNCC(=O)NCCOc1cc(C)ccc1Cl. The minimum absolute atomic E-state index is 0.0496. The number of hydrogen-bond acceptors (Lipinski definition) is 3. The highest BCUT2D eigenvalue weighted by Crippen LogP contribution is 2.24. The van der Waals surface area contributed by atoms with Crippen LogP contribution in [0, 0.1) is 6.92 Å². The van der Waals surface area contributed by atoms with E-state index in [0.29, 0.717) is 30.5 Å². The lowest BCUT2D eigenvalue weighted by molar-refractivity contribution is -0.120. The van der Waals surface area contributed by atoms with E-state index in [9.17, 15) is 4.79 Å². The third kappa shape index (κ3) is 5.06. The molecule has 1 rings (SSSR count). The van der Waals surface area contributed by atoms with Gasteiger partial charge in [0.05, 0.1) is 18.1 Å². The number of aryl methyl sites for hydroxylation is 1. The van der Waals surface area contributed by atoms with Crippen molar-refractivity contribution in [2.75, 3.05) is 26.7 Å². The second-order valence-electron chi connectivity index (χ2n) is 3.66. The number of rotatable bonds is 6. The average Bonchev–Trinajstić information content (AvgIpc) is 2.29. The van der Waals surface area contributed by atoms with Gasteiger partial charge < -0.3 is 15.4 Å². The number of carbonyl (C=O) groups excluding carboxylic acids is 1. The molecule has 0 aliphatic rings. The van der Waals surface area contributed by atoms with Gasteiger partial charge in [-0.25, -0.2) is 0 Å². The van der Waals surface area contributed by atoms with E-state index in [1.807, 2.05) is 19.1 Å². The summed E-state index contributed by atoms with van der Waals surface area (Å²) in [5, 5.41) is 6.07. The maximum atomic E-state index is 11.1. The van der Waals surface area contributed by atoms with Gasteiger partial charge in [0, 0.05) is 0 Å². The van der Waals surface area contributed by atoms with Crippen LogP contribution in [0.25, 0.3) is 0 Å². The molecule has 2 N–H and O–H groups in total. The maximum absolute atomic E-state index is 11.1. The highest BCUT2D eigenvalue weighted by atomic mass is 35.5. The molecule has 0 spiro atoms. The summed E-state index contributed by atoms with van der Waals surface area (Å²) < 4.78 is 5.48. The lowest BCUT2D eigenvalue weighted by Crippen LogP contribution is -2.34. The van der Waals surface area contributed by atoms with Crippen molar-refractivity contribution < 1.29 is 9.53 Å². The Hall–Kier alpha value is -1.26. The Labute approximate surface area is 106 Å². The predicted octanol–water partition coefficient (Wildman–Crippen LogP) is 1.36. The molecule has 4 nitrogen and oxygen atoms in total. The van der Waals surface area contributed by atoms with Gasteiger partial charge in [-0.3, -0.25) is 4.79 Å². The van der Waals surface area contributed by atoms with E-state index in [1.54, 1.807) is 13.1 Å². The standard InChI is InChI=1S/C12H17ClN2O2/c1-9-3-4-10(13)11(7-9)17-6-5-15-12(16)8-14-2/h3-4,7,14H,5-6,8H2,1-2H3,(H,15,16). The van der Waals surface area contributed by atoms with E-state index in [2.05, 4.69) is 10.6 Å². The molecule has 0 fully saturated rings. The van der Waals surface area contributed by atoms with Crippen molar-refractivity contribution in [1.29, 1.82) is 0 Å². The fourth-order valence-corrected chi connectivity index (χ4v) is 1.47. The molecular formula is C12H17ClN2O2. The van der Waals surface area contributed by atoms with Gasteiger partial charge in [0.15, 0.2) is 0 Å². The van der Waals surface area contributed by atoms with Crippen LogP contribution in [0.15, 0.2) is 18.2 Å². The van der Waals surface area contributed by atoms with Gasteiger partial charge in [-0.05, 0) is 31.7 Å². The van der Waals surface area contributed by atoms with E-state index in [4.69, 9.17) is 16.3 Å². The first-order valence-electron chi connectivity index (χ1n) is 5.43. The smallest absolute Gasteiger partial charge is 0.234 e. The normalized spacial score (nSPS) is 10.1. The third-order valence-electron chi connectivity index (χ3n) is 2.11. The van der Waals surface area contributed by atoms with Gasteiger partial charge in [0.2, 0.25) is 5.91 Å². The molecular weight excluding hydrogens is 240 g/mol. The summed E-state index contributed by atoms with van der Waals surface area (Å²) in [6.45, 7) is 3.15. The number of likely N-dealkylation sites (N-methyl/N-ethyl adjacent to an activating group) is 1. The molecule has 0 radical (unpaired) electrons. The lowest BCUT2D eigenvalue weighted by atomic mass is 10.2. The second-order valence-corrected chi connectivity index (χ2v) is 4.07. The highest BCUT2D eigenvalue weighted by molar-refractivity contribution is 6.32. The van der Waals surface area contributed by atoms with Gasteiger partial charge >= 0.3 is 0 Å². The molecule has 0 aromatic heterocycles. The first kappa shape index (κ1) is 13.8. The first-order chi connectivity index (χ1) is 8.13. The number of amides is 1. The van der Waals surface area contributed by atoms with Gasteiger partial charge in [-0.1, -0.05) is 17.7 Å². The van der Waals surface area contributed by atoms with Crippen molar-refractivity contribution in [1.82, 2.24) is 10.6 Å². The van der Waals surface area contributed by atoms with Crippen LogP contribution >= 0.6 is 11.6 Å². The number of hydrogen-bond donors (Lipinski definition) is 2. The van der Waals surface area contributed by atoms with Crippen molar-refractivity contribution in [3.05, 3.63) is 28.8 Å². The first-order valence-corrected chi connectivity index (χ1v) is 5.81. The van der Waals surface area contributed by atoms with Crippen LogP contribution < -0.4 is 15.4 Å². The quantitative estimate of drug-likeness (QED) is 0.756. The van der Waals surface area contributed by atoms with Crippen molar-refractivity contribution in [3.63, 3.8) is 0 Å². The number of carbonyl (C=O) groups is 1. The number of ether oxygens (including phenoxy) is 1. The average molecular weight is 257 g/mol. The minimum Gasteiger partial charge on any atom is -0.490 e. The van der Waals surface area contributed by atoms with Crippen molar-refractivity contribution in [2.24, 2.45) is 0 Å². The molecule has 0 saturated carbocycles. The number of halogens is 1. The zero-order chi connectivity index (χ0) is 12.7. The molecule has 0 saturated heterocycles. The molecule has 94 valence electrons. The Morgan fingerprint density at radius 1 is 1.47 bits per heavy atom. The number of nitrogens with one attached hydrogen (secondary N) is 2. The van der Waals surface area contributed by atoms with Gasteiger partial charge in [-0.15, -0.1) is 0 Å². The molecule has 1 aromatic carbocycles. The Morgan fingerprint density at radius 3 is 2.94 bits per heavy atom. The Balaban J connectivity index is 2.31. The van der Waals surface area contributed by atoms with Crippen molar-refractivity contribution in [3.8, 4) is 5.75 Å². The predicted molar refractivity (Wildman–Crippen MR) is 68.6 cm³/mol. The van der Waals surface area contributed by atoms with Crippen LogP contribution in [-0.4, -0.2) is 32.7 Å². The molecule has 5 heteroatoms. The maximum Gasteiger partial charge on any atom is 0.234 e. The van der Waals surface area contributed by atoms with E-state index in [1.165, 1.54) is 0 Å². The summed E-state index contributed by atoms with van der Waals surface area (Å²) in [6, 6.07) is 5.59. The van der Waals surface area contributed by atoms with Gasteiger partial charge in [0.25, 0.3) is 0 Å². The summed E-state index contributed by atoms with van der Waals surface area (Å²) in [7, 11) is 1.72. The monoisotopic (exact) mass is 256 g/mol. The van der Waals surface area contributed by atoms with Crippen LogP contribution in [0.3, 0.4) is 0 Å². The Bertz CT molecular complexity index is 383. The second kappa shape index (κ2) is 7.14. The lowest BCUT2D eigenvalue weighted by Gasteiger charge is -2.09. The molecule has 0 atom stereocenters. The topological polar surface area (TPSA) is 50.4 Å².